The zero-order valence-corrected chi connectivity index (χ0v) is 14.7. The van der Waals surface area contributed by atoms with Gasteiger partial charge in [0.25, 0.3) is 9.04 Å². The van der Waals surface area contributed by atoms with Crippen LogP contribution in [0.5, 0.6) is 0 Å². The van der Waals surface area contributed by atoms with Crippen LogP contribution in [0.1, 0.15) is 25.7 Å². The monoisotopic (exact) mass is 326 g/mol. The van der Waals surface area contributed by atoms with Gasteiger partial charge in [-0.2, -0.15) is 22.7 Å². The van der Waals surface area contributed by atoms with Crippen molar-refractivity contribution in [2.24, 2.45) is 0 Å². The molecule has 0 radical (unpaired) electrons. The number of rotatable bonds is 10. The van der Waals surface area contributed by atoms with Crippen LogP contribution in [0.15, 0.2) is 35.0 Å². The number of unbranched alkanes of at least 4 members (excludes halogenated alkanes) is 3. The Kier molecular flexibility index (Phi) is 7.54. The SMILES string of the molecule is COCCCCCCO[SiH](c1cccs1)c1cccs1. The minimum absolute atomic E-state index is 0.878. The Morgan fingerprint density at radius 2 is 1.50 bits per heavy atom. The third-order valence-corrected chi connectivity index (χ3v) is 8.62. The third-order valence-electron chi connectivity index (χ3n) is 3.13. The van der Waals surface area contributed by atoms with Crippen LogP contribution in [-0.2, 0) is 9.16 Å². The van der Waals surface area contributed by atoms with Gasteiger partial charge in [-0.1, -0.05) is 25.0 Å². The van der Waals surface area contributed by atoms with Gasteiger partial charge in [-0.3, -0.25) is 0 Å². The van der Waals surface area contributed by atoms with Gasteiger partial charge in [-0.15, -0.1) is 0 Å². The Hall–Kier alpha value is -0.463. The van der Waals surface area contributed by atoms with E-state index < -0.39 is 9.04 Å². The second-order valence-electron chi connectivity index (χ2n) is 4.69. The summed E-state index contributed by atoms with van der Waals surface area (Å²) in [6.45, 7) is 1.77. The fourth-order valence-corrected chi connectivity index (χ4v) is 7.47. The standard InChI is InChI=1S/C15H22O2S2Si/c1-16-10-4-2-3-5-11-17-20(14-8-6-12-18-14)15-9-7-13-19-15/h6-9,12-13,20H,2-5,10-11H2,1H3. The molecule has 0 atom stereocenters. The Bertz CT molecular complexity index is 408. The molecule has 0 N–H and O–H groups in total. The second-order valence-corrected chi connectivity index (χ2v) is 9.82. The predicted octanol–water partition coefficient (Wildman–Crippen LogP) is 2.87. The molecule has 20 heavy (non-hydrogen) atoms. The van der Waals surface area contributed by atoms with Crippen molar-refractivity contribution in [2.45, 2.75) is 25.7 Å². The lowest BCUT2D eigenvalue weighted by atomic mass is 10.2. The molecule has 0 aliphatic carbocycles. The van der Waals surface area contributed by atoms with Crippen LogP contribution in [-0.4, -0.2) is 29.4 Å². The summed E-state index contributed by atoms with van der Waals surface area (Å²) in [6.07, 6.45) is 4.79. The van der Waals surface area contributed by atoms with Gasteiger partial charge in [0.1, 0.15) is 0 Å². The van der Waals surface area contributed by atoms with E-state index in [1.165, 1.54) is 21.8 Å². The van der Waals surface area contributed by atoms with Gasteiger partial charge in [0.05, 0.1) is 0 Å². The summed E-state index contributed by atoms with van der Waals surface area (Å²) in [4.78, 5) is 0. The molecule has 2 aromatic heterocycles. The molecule has 0 spiro atoms. The highest BCUT2D eigenvalue weighted by atomic mass is 32.1. The van der Waals surface area contributed by atoms with Gasteiger partial charge < -0.3 is 9.16 Å². The maximum Gasteiger partial charge on any atom is 0.259 e. The molecule has 0 amide bonds. The zero-order chi connectivity index (χ0) is 14.0. The zero-order valence-electron chi connectivity index (χ0n) is 11.9. The molecule has 2 heterocycles. The third kappa shape index (κ3) is 5.14. The molecule has 2 nitrogen and oxygen atoms in total. The summed E-state index contributed by atoms with van der Waals surface area (Å²) in [6, 6.07) is 8.70. The number of hydrogen-bond donors (Lipinski definition) is 0. The topological polar surface area (TPSA) is 18.5 Å². The minimum atomic E-state index is -1.41. The Morgan fingerprint density at radius 3 is 2.00 bits per heavy atom. The molecule has 2 aromatic rings. The smallest absolute Gasteiger partial charge is 0.259 e. The van der Waals surface area contributed by atoms with Gasteiger partial charge in [-0.25, -0.2) is 0 Å². The Balaban J connectivity index is 1.75. The van der Waals surface area contributed by atoms with Crippen LogP contribution in [0.4, 0.5) is 0 Å². The number of hydrogen-bond acceptors (Lipinski definition) is 4. The van der Waals surface area contributed by atoms with Crippen LogP contribution < -0.4 is 9.00 Å². The summed E-state index contributed by atoms with van der Waals surface area (Å²) in [5.74, 6) is 0. The molecule has 0 aliphatic heterocycles. The van der Waals surface area contributed by atoms with Crippen molar-refractivity contribution in [2.75, 3.05) is 20.3 Å². The quantitative estimate of drug-likeness (QED) is 0.494. The normalized spacial score (nSPS) is 11.3. The van der Waals surface area contributed by atoms with E-state index in [4.69, 9.17) is 9.16 Å². The molecule has 0 saturated heterocycles. The fraction of sp³-hybridized carbons (Fsp3) is 0.467. The highest BCUT2D eigenvalue weighted by molar-refractivity contribution is 7.29. The number of thiophene rings is 2. The molecular weight excluding hydrogens is 304 g/mol. The van der Waals surface area contributed by atoms with Crippen molar-refractivity contribution < 1.29 is 9.16 Å². The molecule has 5 heteroatoms. The molecule has 0 saturated carbocycles. The van der Waals surface area contributed by atoms with Crippen molar-refractivity contribution in [1.82, 2.24) is 0 Å². The van der Waals surface area contributed by atoms with Crippen molar-refractivity contribution in [3.05, 3.63) is 35.0 Å². The summed E-state index contributed by atoms with van der Waals surface area (Å²) < 4.78 is 14.2. The summed E-state index contributed by atoms with van der Waals surface area (Å²) in [5.41, 5.74) is 0. The average Bonchev–Trinajstić information content (AvgIpc) is 3.14. The number of methoxy groups -OCH3 is 1. The van der Waals surface area contributed by atoms with Gasteiger partial charge in [0, 0.05) is 29.3 Å². The first-order chi connectivity index (χ1) is 9.92. The fourth-order valence-electron chi connectivity index (χ4n) is 2.09. The van der Waals surface area contributed by atoms with Crippen molar-refractivity contribution in [3.8, 4) is 0 Å². The van der Waals surface area contributed by atoms with Crippen LogP contribution in [0.25, 0.3) is 0 Å². The summed E-state index contributed by atoms with van der Waals surface area (Å²) in [5, 5.41) is 4.30. The van der Waals surface area contributed by atoms with E-state index in [1.54, 1.807) is 7.11 Å². The van der Waals surface area contributed by atoms with Crippen molar-refractivity contribution in [1.29, 1.82) is 0 Å². The van der Waals surface area contributed by atoms with Crippen molar-refractivity contribution in [3.63, 3.8) is 0 Å². The van der Waals surface area contributed by atoms with E-state index in [9.17, 15) is 0 Å². The van der Waals surface area contributed by atoms with Crippen molar-refractivity contribution >= 4 is 40.7 Å². The maximum atomic E-state index is 6.27. The van der Waals surface area contributed by atoms with Crippen LogP contribution >= 0.6 is 22.7 Å². The van der Waals surface area contributed by atoms with Gasteiger partial charge in [0.15, 0.2) is 0 Å². The Labute approximate surface area is 131 Å². The summed E-state index contributed by atoms with van der Waals surface area (Å²) >= 11 is 3.66. The highest BCUT2D eigenvalue weighted by Gasteiger charge is 2.19. The lowest BCUT2D eigenvalue weighted by molar-refractivity contribution is 0.191. The van der Waals surface area contributed by atoms with E-state index >= 15 is 0 Å². The lowest BCUT2D eigenvalue weighted by Crippen LogP contribution is -2.42. The molecular formula is C15H22O2S2Si. The summed E-state index contributed by atoms with van der Waals surface area (Å²) in [7, 11) is 0.360. The van der Waals surface area contributed by atoms with E-state index in [1.807, 2.05) is 22.7 Å². The van der Waals surface area contributed by atoms with E-state index in [0.29, 0.717) is 0 Å². The van der Waals surface area contributed by atoms with Gasteiger partial charge >= 0.3 is 0 Å². The predicted molar refractivity (Wildman–Crippen MR) is 91.4 cm³/mol. The Morgan fingerprint density at radius 1 is 0.900 bits per heavy atom. The molecule has 110 valence electrons. The molecule has 0 bridgehead atoms. The van der Waals surface area contributed by atoms with Gasteiger partial charge in [0.2, 0.25) is 0 Å². The van der Waals surface area contributed by atoms with Crippen LogP contribution in [0.3, 0.4) is 0 Å². The second kappa shape index (κ2) is 9.47. The first kappa shape index (κ1) is 15.9. The first-order valence-electron chi connectivity index (χ1n) is 7.09. The number of ether oxygens (including phenoxy) is 1. The maximum absolute atomic E-state index is 6.27. The van der Waals surface area contributed by atoms with Crippen LogP contribution in [0.2, 0.25) is 0 Å². The van der Waals surface area contributed by atoms with E-state index in [0.717, 1.165) is 26.1 Å². The highest BCUT2D eigenvalue weighted by Crippen LogP contribution is 2.06. The molecule has 0 fully saturated rings. The molecule has 0 unspecified atom stereocenters. The molecule has 0 aromatic carbocycles. The van der Waals surface area contributed by atoms with E-state index in [-0.39, 0.29) is 0 Å². The van der Waals surface area contributed by atoms with Crippen LogP contribution in [0, 0.1) is 0 Å². The minimum Gasteiger partial charge on any atom is -0.409 e. The molecule has 2 rings (SSSR count). The molecule has 0 aliphatic rings. The van der Waals surface area contributed by atoms with Gasteiger partial charge in [-0.05, 0) is 35.7 Å². The first-order valence-corrected chi connectivity index (χ1v) is 10.5. The van der Waals surface area contributed by atoms with E-state index in [2.05, 4.69) is 35.0 Å². The average molecular weight is 327 g/mol. The largest absolute Gasteiger partial charge is 0.409 e. The lowest BCUT2D eigenvalue weighted by Gasteiger charge is -2.13.